The van der Waals surface area contributed by atoms with Crippen molar-refractivity contribution in [3.63, 3.8) is 0 Å². The largest absolute Gasteiger partial charge is 0.365 e. The molecule has 0 saturated carbocycles. The van der Waals surface area contributed by atoms with Crippen LogP contribution in [0.2, 0.25) is 0 Å². The first kappa shape index (κ1) is 13.6. The van der Waals surface area contributed by atoms with Gasteiger partial charge >= 0.3 is 8.86 Å². The van der Waals surface area contributed by atoms with Gasteiger partial charge in [-0.05, 0) is 12.1 Å². The fourth-order valence-corrected chi connectivity index (χ4v) is 4.69. The first-order valence-electron chi connectivity index (χ1n) is 4.45. The van der Waals surface area contributed by atoms with Gasteiger partial charge in [0, 0.05) is 14.1 Å². The van der Waals surface area contributed by atoms with E-state index in [0.717, 1.165) is 10.3 Å². The van der Waals surface area contributed by atoms with E-state index in [-0.39, 0.29) is 15.4 Å². The van der Waals surface area contributed by atoms with Gasteiger partial charge in [0.05, 0.1) is 5.69 Å². The van der Waals surface area contributed by atoms with Crippen LogP contribution in [0.1, 0.15) is 0 Å². The zero-order chi connectivity index (χ0) is 12.2. The van der Waals surface area contributed by atoms with Crippen molar-refractivity contribution >= 4 is 36.5 Å². The van der Waals surface area contributed by atoms with Gasteiger partial charge in [-0.25, -0.2) is 0 Å². The van der Waals surface area contributed by atoms with Crippen molar-refractivity contribution in [1.29, 1.82) is 0 Å². The van der Waals surface area contributed by atoms with Crippen molar-refractivity contribution in [1.82, 2.24) is 4.31 Å². The Morgan fingerprint density at radius 3 is 2.38 bits per heavy atom. The Kier molecular flexibility index (Phi) is 4.91. The molecule has 0 aliphatic carbocycles. The minimum atomic E-state index is -3.00. The third kappa shape index (κ3) is 2.82. The highest BCUT2D eigenvalue weighted by Crippen LogP contribution is 2.20. The number of nitrogens with zero attached hydrogens (tertiary/aromatic N) is 2. The molecule has 1 unspecified atom stereocenters. The predicted molar refractivity (Wildman–Crippen MR) is 69.9 cm³/mol. The lowest BCUT2D eigenvalue weighted by Gasteiger charge is -2.16. The summed E-state index contributed by atoms with van der Waals surface area (Å²) in [4.78, 5) is 0. The molecule has 7 heteroatoms. The van der Waals surface area contributed by atoms with Crippen LogP contribution in [-0.4, -0.2) is 27.8 Å². The summed E-state index contributed by atoms with van der Waals surface area (Å²) in [5.41, 5.74) is 0.249. The van der Waals surface area contributed by atoms with Crippen LogP contribution in [0.4, 0.5) is 10.2 Å². The summed E-state index contributed by atoms with van der Waals surface area (Å²) >= 11 is 5.53. The monoisotopic (exact) mass is 283 g/mol. The first-order valence-corrected chi connectivity index (χ1v) is 7.96. The molecule has 0 N–H and O–H groups in total. The van der Waals surface area contributed by atoms with Crippen LogP contribution >= 0.6 is 11.6 Å². The van der Waals surface area contributed by atoms with Gasteiger partial charge in [-0.15, -0.1) is 0 Å². The van der Waals surface area contributed by atoms with Gasteiger partial charge in [0.2, 0.25) is 0 Å². The second-order valence-corrected chi connectivity index (χ2v) is 8.13. The lowest BCUT2D eigenvalue weighted by Crippen LogP contribution is -2.35. The molecular formula is C9H13ClFN2OS2+. The van der Waals surface area contributed by atoms with Gasteiger partial charge in [-0.3, -0.25) is 0 Å². The zero-order valence-corrected chi connectivity index (χ0v) is 11.4. The summed E-state index contributed by atoms with van der Waals surface area (Å²) in [6.45, 7) is 0. The molecule has 90 valence electrons. The molecule has 0 heterocycles. The van der Waals surface area contributed by atoms with Crippen LogP contribution in [0, 0.1) is 0 Å². The molecule has 1 aromatic carbocycles. The Morgan fingerprint density at radius 1 is 1.38 bits per heavy atom. The summed E-state index contributed by atoms with van der Waals surface area (Å²) in [6, 6.07) is 8.24. The second kappa shape index (κ2) is 5.77. The molecule has 0 fully saturated rings. The van der Waals surface area contributed by atoms with E-state index in [0.29, 0.717) is 0 Å². The highest BCUT2D eigenvalue weighted by Gasteiger charge is 2.31. The number of anilines is 1. The quantitative estimate of drug-likeness (QED) is 0.472. The van der Waals surface area contributed by atoms with Gasteiger partial charge in [0.25, 0.3) is 15.5 Å². The Hall–Kier alpha value is -0.430. The standard InChI is InChI=1S/C9H13ClFN2OS2/c1-12(2)16(14,15-8-10)13(11)9-6-4-3-5-7-9/h3-7H,8H2,1-2H3/q+1. The highest BCUT2D eigenvalue weighted by atomic mass is 35.5. The lowest BCUT2D eigenvalue weighted by atomic mass is 10.3. The minimum absolute atomic E-state index is 0.0598. The number of halogens is 2. The van der Waals surface area contributed by atoms with Gasteiger partial charge in [0.15, 0.2) is 0 Å². The van der Waals surface area contributed by atoms with Crippen molar-refractivity contribution < 1.29 is 8.69 Å². The smallest absolute Gasteiger partial charge is 0.175 e. The zero-order valence-electron chi connectivity index (χ0n) is 8.97. The molecule has 16 heavy (non-hydrogen) atoms. The number of hydrogen-bond donors (Lipinski definition) is 0. The van der Waals surface area contributed by atoms with Crippen LogP contribution in [0.15, 0.2) is 30.3 Å². The lowest BCUT2D eigenvalue weighted by molar-refractivity contribution is 0.498. The Morgan fingerprint density at radius 2 is 1.94 bits per heavy atom. The summed E-state index contributed by atoms with van der Waals surface area (Å²) in [5.74, 6) is 0. The highest BCUT2D eigenvalue weighted by molar-refractivity contribution is 8.39. The maximum atomic E-state index is 14.1. The van der Waals surface area contributed by atoms with Crippen LogP contribution in [0.25, 0.3) is 0 Å². The molecule has 0 spiro atoms. The Balaban J connectivity index is 3.17. The second-order valence-electron chi connectivity index (χ2n) is 3.07. The van der Waals surface area contributed by atoms with Crippen LogP contribution in [-0.2, 0) is 19.2 Å². The number of alkyl halides is 1. The fourth-order valence-electron chi connectivity index (χ4n) is 1.03. The maximum Gasteiger partial charge on any atom is 0.365 e. The average molecular weight is 284 g/mol. The van der Waals surface area contributed by atoms with Crippen molar-refractivity contribution in [3.05, 3.63) is 30.3 Å². The van der Waals surface area contributed by atoms with E-state index in [4.69, 9.17) is 11.6 Å². The van der Waals surface area contributed by atoms with Crippen molar-refractivity contribution in [3.8, 4) is 0 Å². The third-order valence-electron chi connectivity index (χ3n) is 1.82. The van der Waals surface area contributed by atoms with E-state index in [1.165, 1.54) is 4.31 Å². The van der Waals surface area contributed by atoms with Gasteiger partial charge in [-0.1, -0.05) is 38.8 Å². The molecule has 0 aromatic heterocycles. The van der Waals surface area contributed by atoms with Crippen LogP contribution in [0.3, 0.4) is 0 Å². The molecule has 0 bridgehead atoms. The molecule has 0 aliphatic rings. The van der Waals surface area contributed by atoms with Crippen molar-refractivity contribution in [2.24, 2.45) is 0 Å². The van der Waals surface area contributed by atoms with E-state index in [9.17, 15) is 8.69 Å². The Labute approximate surface area is 104 Å². The number of hydrogen-bond acceptors (Lipinski definition) is 1. The van der Waals surface area contributed by atoms with Crippen LogP contribution < -0.4 is 4.53 Å². The summed E-state index contributed by atoms with van der Waals surface area (Å²) in [5, 5.41) is 0.0598. The minimum Gasteiger partial charge on any atom is -0.175 e. The van der Waals surface area contributed by atoms with E-state index in [1.807, 2.05) is 0 Å². The first-order chi connectivity index (χ1) is 7.52. The fraction of sp³-hybridized carbons (Fsp3) is 0.333. The molecule has 1 aromatic rings. The molecular weight excluding hydrogens is 271 g/mol. The number of benzene rings is 1. The van der Waals surface area contributed by atoms with Gasteiger partial charge in [0.1, 0.15) is 0 Å². The summed E-state index contributed by atoms with van der Waals surface area (Å²) in [6.07, 6.45) is 0. The molecule has 1 rings (SSSR count). The van der Waals surface area contributed by atoms with Crippen molar-refractivity contribution in [2.75, 3.05) is 23.8 Å². The average Bonchev–Trinajstić information content (AvgIpc) is 2.29. The van der Waals surface area contributed by atoms with E-state index in [2.05, 4.69) is 0 Å². The number of rotatable bonds is 4. The normalized spacial score (nSPS) is 14.6. The van der Waals surface area contributed by atoms with E-state index in [1.54, 1.807) is 44.4 Å². The van der Waals surface area contributed by atoms with Gasteiger partial charge < -0.3 is 0 Å². The van der Waals surface area contributed by atoms with E-state index >= 15 is 0 Å². The van der Waals surface area contributed by atoms with Crippen molar-refractivity contribution in [2.45, 2.75) is 0 Å². The molecule has 0 saturated heterocycles. The SMILES string of the molecule is CN(C)S(=O)(=[S+]CCl)N(F)c1ccccc1. The van der Waals surface area contributed by atoms with Gasteiger partial charge in [-0.2, -0.15) is 8.51 Å². The van der Waals surface area contributed by atoms with Crippen LogP contribution in [0.5, 0.6) is 0 Å². The topological polar surface area (TPSA) is 23.6 Å². The molecule has 0 radical (unpaired) electrons. The number of para-hydroxylation sites is 1. The maximum absolute atomic E-state index is 14.1. The summed E-state index contributed by atoms with van der Waals surface area (Å²) in [7, 11) is 0.963. The molecule has 0 amide bonds. The predicted octanol–water partition coefficient (Wildman–Crippen LogP) is 2.25. The molecule has 0 aliphatic heterocycles. The molecule has 3 nitrogen and oxygen atoms in total. The molecule has 1 atom stereocenters. The summed E-state index contributed by atoms with van der Waals surface area (Å²) < 4.78 is 28.0. The third-order valence-corrected chi connectivity index (χ3v) is 7.03. The Bertz CT molecular complexity index is 446. The van der Waals surface area contributed by atoms with E-state index < -0.39 is 8.86 Å².